The molecule has 1 amide bonds. The number of amides is 1. The van der Waals surface area contributed by atoms with Gasteiger partial charge in [-0.2, -0.15) is 13.2 Å². The van der Waals surface area contributed by atoms with Crippen LogP contribution in [0.1, 0.15) is 28.6 Å². The van der Waals surface area contributed by atoms with Crippen LogP contribution in [0, 0.1) is 0 Å². The van der Waals surface area contributed by atoms with Crippen molar-refractivity contribution < 1.29 is 31.9 Å². The normalized spacial score (nSPS) is 15.3. The van der Waals surface area contributed by atoms with Gasteiger partial charge in [-0.1, -0.05) is 42.2 Å². The molecule has 0 aliphatic carbocycles. The van der Waals surface area contributed by atoms with Crippen LogP contribution in [0.4, 0.5) is 18.9 Å². The molecule has 0 radical (unpaired) electrons. The number of hydrogen-bond donors (Lipinski definition) is 0. The van der Waals surface area contributed by atoms with Crippen molar-refractivity contribution in [3.63, 3.8) is 0 Å². The van der Waals surface area contributed by atoms with E-state index in [0.29, 0.717) is 22.6 Å². The van der Waals surface area contributed by atoms with E-state index >= 15 is 0 Å². The number of benzene rings is 2. The molecule has 0 atom stereocenters. The van der Waals surface area contributed by atoms with E-state index in [0.717, 1.165) is 28.8 Å². The van der Waals surface area contributed by atoms with E-state index in [1.54, 1.807) is 43.3 Å². The number of halogens is 3. The molecule has 0 unspecified atom stereocenters. The van der Waals surface area contributed by atoms with Crippen molar-refractivity contribution in [2.75, 3.05) is 11.5 Å². The Kier molecular flexibility index (Phi) is 6.63. The summed E-state index contributed by atoms with van der Waals surface area (Å²) in [6.45, 7) is 2.01. The molecule has 2 heterocycles. The fourth-order valence-corrected chi connectivity index (χ4v) is 4.49. The first-order valence-corrected chi connectivity index (χ1v) is 11.2. The zero-order valence-corrected chi connectivity index (χ0v) is 19.2. The summed E-state index contributed by atoms with van der Waals surface area (Å²) in [5.74, 6) is -0.0768. The predicted molar refractivity (Wildman–Crippen MR) is 127 cm³/mol. The maximum atomic E-state index is 13.1. The maximum absolute atomic E-state index is 13.1. The van der Waals surface area contributed by atoms with E-state index in [2.05, 4.69) is 0 Å². The van der Waals surface area contributed by atoms with Gasteiger partial charge in [0.05, 0.1) is 28.3 Å². The SMILES string of the molecule is CCOC(=O)c1ccc(-c2ccc(/C=C3/SC(=S)N(c4cccc(C(F)(F)F)c4)C3=O)o2)cc1. The molecule has 0 N–H and O–H groups in total. The summed E-state index contributed by atoms with van der Waals surface area (Å²) < 4.78 is 50.1. The average molecular weight is 504 g/mol. The van der Waals surface area contributed by atoms with E-state index in [9.17, 15) is 22.8 Å². The summed E-state index contributed by atoms with van der Waals surface area (Å²) >= 11 is 6.22. The molecule has 1 fully saturated rings. The van der Waals surface area contributed by atoms with Crippen LogP contribution < -0.4 is 4.90 Å². The first-order chi connectivity index (χ1) is 16.2. The number of nitrogens with zero attached hydrogens (tertiary/aromatic N) is 1. The number of thiocarbonyl (C=S) groups is 1. The summed E-state index contributed by atoms with van der Waals surface area (Å²) in [6.07, 6.45) is -3.05. The van der Waals surface area contributed by atoms with Crippen LogP contribution in [0.5, 0.6) is 0 Å². The van der Waals surface area contributed by atoms with Crippen LogP contribution >= 0.6 is 24.0 Å². The minimum absolute atomic E-state index is 0.0440. The minimum atomic E-state index is -4.54. The van der Waals surface area contributed by atoms with E-state index in [1.165, 1.54) is 18.2 Å². The number of rotatable bonds is 5. The lowest BCUT2D eigenvalue weighted by molar-refractivity contribution is -0.137. The van der Waals surface area contributed by atoms with Gasteiger partial charge in [-0.15, -0.1) is 0 Å². The molecule has 34 heavy (non-hydrogen) atoms. The first kappa shape index (κ1) is 23.8. The molecule has 10 heteroatoms. The number of anilines is 1. The third-order valence-electron chi connectivity index (χ3n) is 4.81. The second kappa shape index (κ2) is 9.47. The average Bonchev–Trinajstić information content (AvgIpc) is 3.38. The third-order valence-corrected chi connectivity index (χ3v) is 6.11. The number of furan rings is 1. The van der Waals surface area contributed by atoms with Crippen molar-refractivity contribution in [1.29, 1.82) is 0 Å². The summed E-state index contributed by atoms with van der Waals surface area (Å²) in [5.41, 5.74) is 0.301. The lowest BCUT2D eigenvalue weighted by atomic mass is 10.1. The summed E-state index contributed by atoms with van der Waals surface area (Å²) in [5, 5.41) is 0. The van der Waals surface area contributed by atoms with Crippen LogP contribution in [0.25, 0.3) is 17.4 Å². The monoisotopic (exact) mass is 503 g/mol. The van der Waals surface area contributed by atoms with Crippen molar-refractivity contribution in [2.45, 2.75) is 13.1 Å². The molecule has 1 aliphatic rings. The smallest absolute Gasteiger partial charge is 0.416 e. The number of hydrogen-bond acceptors (Lipinski definition) is 6. The van der Waals surface area contributed by atoms with Crippen LogP contribution in [0.2, 0.25) is 0 Å². The van der Waals surface area contributed by atoms with Gasteiger partial charge in [0.2, 0.25) is 0 Å². The van der Waals surface area contributed by atoms with Crippen molar-refractivity contribution in [1.82, 2.24) is 0 Å². The van der Waals surface area contributed by atoms with Gasteiger partial charge in [0.25, 0.3) is 5.91 Å². The molecule has 0 spiro atoms. The molecular formula is C24H16F3NO4S2. The molecule has 5 nitrogen and oxygen atoms in total. The predicted octanol–water partition coefficient (Wildman–Crippen LogP) is 6.55. The van der Waals surface area contributed by atoms with Gasteiger partial charge in [0, 0.05) is 11.6 Å². The lowest BCUT2D eigenvalue weighted by Crippen LogP contribution is -2.27. The highest BCUT2D eigenvalue weighted by Gasteiger charge is 2.36. The van der Waals surface area contributed by atoms with E-state index in [4.69, 9.17) is 21.4 Å². The van der Waals surface area contributed by atoms with Gasteiger partial charge in [0.1, 0.15) is 11.5 Å². The van der Waals surface area contributed by atoms with Gasteiger partial charge in [-0.05, 0) is 49.4 Å². The van der Waals surface area contributed by atoms with Gasteiger partial charge in [-0.3, -0.25) is 9.69 Å². The van der Waals surface area contributed by atoms with E-state index < -0.39 is 23.6 Å². The van der Waals surface area contributed by atoms with Crippen molar-refractivity contribution in [2.24, 2.45) is 0 Å². The van der Waals surface area contributed by atoms with Gasteiger partial charge in [0.15, 0.2) is 4.32 Å². The highest BCUT2D eigenvalue weighted by molar-refractivity contribution is 8.27. The van der Waals surface area contributed by atoms with Crippen molar-refractivity contribution >= 4 is 51.9 Å². The molecular weight excluding hydrogens is 487 g/mol. The number of esters is 1. The largest absolute Gasteiger partial charge is 0.462 e. The number of ether oxygens (including phenoxy) is 1. The number of carbonyl (C=O) groups excluding carboxylic acids is 2. The van der Waals surface area contributed by atoms with E-state index in [1.807, 2.05) is 0 Å². The zero-order valence-electron chi connectivity index (χ0n) is 17.6. The summed E-state index contributed by atoms with van der Waals surface area (Å²) in [4.78, 5) is 26.0. The fourth-order valence-electron chi connectivity index (χ4n) is 3.21. The van der Waals surface area contributed by atoms with E-state index in [-0.39, 0.29) is 21.5 Å². The van der Waals surface area contributed by atoms with Crippen LogP contribution in [0.3, 0.4) is 0 Å². The Hall–Kier alpha value is -3.37. The Balaban J connectivity index is 1.54. The Bertz CT molecular complexity index is 1300. The lowest BCUT2D eigenvalue weighted by Gasteiger charge is -2.16. The van der Waals surface area contributed by atoms with Crippen LogP contribution in [-0.2, 0) is 15.7 Å². The summed E-state index contributed by atoms with van der Waals surface area (Å²) in [7, 11) is 0. The van der Waals surface area contributed by atoms with Crippen LogP contribution in [0.15, 0.2) is 70.0 Å². The maximum Gasteiger partial charge on any atom is 0.416 e. The quantitative estimate of drug-likeness (QED) is 0.224. The second-order valence-corrected chi connectivity index (χ2v) is 8.74. The highest BCUT2D eigenvalue weighted by atomic mass is 32.2. The third kappa shape index (κ3) is 4.92. The molecule has 1 aliphatic heterocycles. The van der Waals surface area contributed by atoms with Gasteiger partial charge >= 0.3 is 12.1 Å². The first-order valence-electron chi connectivity index (χ1n) is 10.00. The van der Waals surface area contributed by atoms with Gasteiger partial charge < -0.3 is 9.15 Å². The molecule has 0 saturated carbocycles. The Morgan fingerprint density at radius 1 is 1.15 bits per heavy atom. The molecule has 4 rings (SSSR count). The fraction of sp³-hybridized carbons (Fsp3) is 0.125. The topological polar surface area (TPSA) is 59.8 Å². The molecule has 1 aromatic heterocycles. The van der Waals surface area contributed by atoms with Crippen molar-refractivity contribution in [3.8, 4) is 11.3 Å². The Morgan fingerprint density at radius 3 is 2.56 bits per heavy atom. The zero-order chi connectivity index (χ0) is 24.5. The molecule has 0 bridgehead atoms. The molecule has 174 valence electrons. The Morgan fingerprint density at radius 2 is 1.88 bits per heavy atom. The van der Waals surface area contributed by atoms with Gasteiger partial charge in [-0.25, -0.2) is 4.79 Å². The van der Waals surface area contributed by atoms with Crippen LogP contribution in [-0.4, -0.2) is 22.8 Å². The molecule has 3 aromatic rings. The second-order valence-electron chi connectivity index (χ2n) is 7.07. The number of carbonyl (C=O) groups is 2. The number of thioether (sulfide) groups is 1. The summed E-state index contributed by atoms with van der Waals surface area (Å²) in [6, 6.07) is 14.5. The highest BCUT2D eigenvalue weighted by Crippen LogP contribution is 2.38. The Labute approximate surface area is 202 Å². The standard InChI is InChI=1S/C24H16F3NO4S2/c1-2-31-22(30)15-8-6-14(7-9-15)19-11-10-18(32-19)13-20-21(29)28(23(33)34-20)17-5-3-4-16(12-17)24(25,26)27/h3-13H,2H2,1H3/b20-13+. The molecule has 1 saturated heterocycles. The number of alkyl halides is 3. The molecule has 2 aromatic carbocycles. The minimum Gasteiger partial charge on any atom is -0.462 e. The van der Waals surface area contributed by atoms with Crippen molar-refractivity contribution in [3.05, 3.63) is 82.5 Å².